The standard InChI is InChI=1S/C13H10ClF2NO3S/c1-19-10-3-2-7(4-11(10)20-13(15)16)12-17-8(6-21-12)9(18)5-14/h2-4,6,13H,5H2,1H3. The Morgan fingerprint density at radius 2 is 2.19 bits per heavy atom. The highest BCUT2D eigenvalue weighted by Gasteiger charge is 2.15. The second kappa shape index (κ2) is 6.82. The zero-order valence-corrected chi connectivity index (χ0v) is 12.4. The van der Waals surface area contributed by atoms with Gasteiger partial charge in [-0.2, -0.15) is 8.78 Å². The number of ketones is 1. The molecule has 4 nitrogen and oxygen atoms in total. The van der Waals surface area contributed by atoms with E-state index in [1.807, 2.05) is 0 Å². The van der Waals surface area contributed by atoms with Gasteiger partial charge in [-0.1, -0.05) is 0 Å². The lowest BCUT2D eigenvalue weighted by Crippen LogP contribution is -2.03. The van der Waals surface area contributed by atoms with E-state index in [-0.39, 0.29) is 28.9 Å². The maximum Gasteiger partial charge on any atom is 0.387 e. The van der Waals surface area contributed by atoms with E-state index in [0.717, 1.165) is 0 Å². The van der Waals surface area contributed by atoms with E-state index in [4.69, 9.17) is 16.3 Å². The highest BCUT2D eigenvalue weighted by atomic mass is 35.5. The topological polar surface area (TPSA) is 48.4 Å². The van der Waals surface area contributed by atoms with Crippen molar-refractivity contribution in [1.29, 1.82) is 0 Å². The van der Waals surface area contributed by atoms with Crippen LogP contribution in [0.2, 0.25) is 0 Å². The van der Waals surface area contributed by atoms with Crippen molar-refractivity contribution in [3.05, 3.63) is 29.3 Å². The molecule has 0 saturated heterocycles. The summed E-state index contributed by atoms with van der Waals surface area (Å²) in [6, 6.07) is 4.53. The van der Waals surface area contributed by atoms with E-state index in [2.05, 4.69) is 9.72 Å². The van der Waals surface area contributed by atoms with Crippen molar-refractivity contribution in [3.63, 3.8) is 0 Å². The largest absolute Gasteiger partial charge is 0.493 e. The first-order valence-electron chi connectivity index (χ1n) is 5.73. The summed E-state index contributed by atoms with van der Waals surface area (Å²) >= 11 is 6.67. The van der Waals surface area contributed by atoms with Crippen molar-refractivity contribution in [2.24, 2.45) is 0 Å². The molecule has 0 bridgehead atoms. The minimum absolute atomic E-state index is 0.0922. The van der Waals surface area contributed by atoms with Crippen molar-refractivity contribution >= 4 is 28.7 Å². The summed E-state index contributed by atoms with van der Waals surface area (Å²) in [5.74, 6) is -0.360. The number of aromatic nitrogens is 1. The molecule has 0 saturated carbocycles. The van der Waals surface area contributed by atoms with Gasteiger partial charge in [-0.25, -0.2) is 4.98 Å². The maximum atomic E-state index is 12.4. The third kappa shape index (κ3) is 3.68. The van der Waals surface area contributed by atoms with Gasteiger partial charge in [0.05, 0.1) is 13.0 Å². The Kier molecular flexibility index (Phi) is 5.08. The normalized spacial score (nSPS) is 10.7. The van der Waals surface area contributed by atoms with Gasteiger partial charge in [-0.15, -0.1) is 22.9 Å². The summed E-state index contributed by atoms with van der Waals surface area (Å²) in [6.45, 7) is -2.96. The Balaban J connectivity index is 2.35. The second-order valence-corrected chi connectivity index (χ2v) is 4.96. The Morgan fingerprint density at radius 3 is 2.81 bits per heavy atom. The third-order valence-electron chi connectivity index (χ3n) is 2.54. The summed E-state index contributed by atoms with van der Waals surface area (Å²) in [4.78, 5) is 15.6. The Bertz CT molecular complexity index is 648. The summed E-state index contributed by atoms with van der Waals surface area (Å²) < 4.78 is 34.1. The second-order valence-electron chi connectivity index (χ2n) is 3.84. The van der Waals surface area contributed by atoms with Gasteiger partial charge in [0, 0.05) is 10.9 Å². The number of hydrogen-bond donors (Lipinski definition) is 0. The van der Waals surface area contributed by atoms with Crippen molar-refractivity contribution in [2.45, 2.75) is 6.61 Å². The molecule has 0 aliphatic heterocycles. The predicted octanol–water partition coefficient (Wildman–Crippen LogP) is 3.84. The van der Waals surface area contributed by atoms with Crippen molar-refractivity contribution in [3.8, 4) is 22.1 Å². The molecular formula is C13H10ClF2NO3S. The first-order valence-corrected chi connectivity index (χ1v) is 7.14. The van der Waals surface area contributed by atoms with Crippen LogP contribution in [0.1, 0.15) is 10.5 Å². The van der Waals surface area contributed by atoms with Crippen LogP contribution in [0.3, 0.4) is 0 Å². The van der Waals surface area contributed by atoms with Gasteiger partial charge < -0.3 is 9.47 Å². The number of benzene rings is 1. The van der Waals surface area contributed by atoms with Crippen molar-refractivity contribution < 1.29 is 23.0 Å². The highest BCUT2D eigenvalue weighted by Crippen LogP contribution is 2.34. The summed E-state index contributed by atoms with van der Waals surface area (Å²) in [5.41, 5.74) is 0.794. The van der Waals surface area contributed by atoms with Gasteiger partial charge in [-0.3, -0.25) is 4.79 Å². The molecule has 8 heteroatoms. The van der Waals surface area contributed by atoms with Crippen LogP contribution in [0, 0.1) is 0 Å². The Hall–Kier alpha value is -1.73. The van der Waals surface area contributed by atoms with Gasteiger partial charge in [-0.05, 0) is 18.2 Å². The van der Waals surface area contributed by atoms with Crippen LogP contribution in [-0.4, -0.2) is 30.4 Å². The summed E-state index contributed by atoms with van der Waals surface area (Å²) in [7, 11) is 1.36. The van der Waals surface area contributed by atoms with E-state index in [0.29, 0.717) is 10.6 Å². The molecule has 112 valence electrons. The molecule has 2 rings (SSSR count). The van der Waals surface area contributed by atoms with E-state index in [1.54, 1.807) is 11.4 Å². The van der Waals surface area contributed by atoms with Gasteiger partial charge in [0.15, 0.2) is 17.3 Å². The number of hydrogen-bond acceptors (Lipinski definition) is 5. The molecule has 21 heavy (non-hydrogen) atoms. The molecule has 0 atom stereocenters. The molecule has 1 aromatic carbocycles. The summed E-state index contributed by atoms with van der Waals surface area (Å²) in [5, 5.41) is 2.07. The summed E-state index contributed by atoms with van der Waals surface area (Å²) in [6.07, 6.45) is 0. The molecule has 2 aromatic rings. The number of carbonyl (C=O) groups is 1. The molecule has 0 radical (unpaired) electrons. The van der Waals surface area contributed by atoms with E-state index >= 15 is 0 Å². The monoisotopic (exact) mass is 333 g/mol. The van der Waals surface area contributed by atoms with Gasteiger partial charge in [0.2, 0.25) is 0 Å². The lowest BCUT2D eigenvalue weighted by Gasteiger charge is -2.10. The number of halogens is 3. The average molecular weight is 334 g/mol. The quantitative estimate of drug-likeness (QED) is 0.595. The van der Waals surface area contributed by atoms with Crippen LogP contribution in [-0.2, 0) is 0 Å². The molecule has 0 amide bonds. The van der Waals surface area contributed by atoms with Crippen LogP contribution in [0.5, 0.6) is 11.5 Å². The molecule has 1 aromatic heterocycles. The minimum atomic E-state index is -2.96. The van der Waals surface area contributed by atoms with Crippen molar-refractivity contribution in [2.75, 3.05) is 13.0 Å². The molecule has 0 aliphatic carbocycles. The van der Waals surface area contributed by atoms with Crippen LogP contribution in [0.25, 0.3) is 10.6 Å². The molecule has 1 heterocycles. The van der Waals surface area contributed by atoms with Crippen LogP contribution in [0.4, 0.5) is 8.78 Å². The fraction of sp³-hybridized carbons (Fsp3) is 0.231. The first-order chi connectivity index (χ1) is 10.0. The third-order valence-corrected chi connectivity index (χ3v) is 3.67. The molecule has 0 aliphatic rings. The van der Waals surface area contributed by atoms with Crippen molar-refractivity contribution in [1.82, 2.24) is 4.98 Å². The van der Waals surface area contributed by atoms with Gasteiger partial charge in [0.25, 0.3) is 0 Å². The zero-order chi connectivity index (χ0) is 15.4. The lowest BCUT2D eigenvalue weighted by atomic mass is 10.2. The van der Waals surface area contributed by atoms with Gasteiger partial charge >= 0.3 is 6.61 Å². The number of alkyl halides is 3. The Labute approximate surface area is 128 Å². The number of rotatable bonds is 6. The first kappa shape index (κ1) is 15.7. The van der Waals surface area contributed by atoms with E-state index in [1.165, 1.54) is 30.6 Å². The Morgan fingerprint density at radius 1 is 1.43 bits per heavy atom. The number of methoxy groups -OCH3 is 1. The number of Topliss-reactive ketones (excluding diaryl/α,β-unsaturated/α-hetero) is 1. The molecule has 0 N–H and O–H groups in total. The zero-order valence-electron chi connectivity index (χ0n) is 10.8. The smallest absolute Gasteiger partial charge is 0.387 e. The molecular weight excluding hydrogens is 324 g/mol. The lowest BCUT2D eigenvalue weighted by molar-refractivity contribution is -0.0511. The highest BCUT2D eigenvalue weighted by molar-refractivity contribution is 7.13. The number of carbonyl (C=O) groups excluding carboxylic acids is 1. The molecule has 0 fully saturated rings. The van der Waals surface area contributed by atoms with Crippen LogP contribution >= 0.6 is 22.9 Å². The minimum Gasteiger partial charge on any atom is -0.493 e. The maximum absolute atomic E-state index is 12.4. The number of ether oxygens (including phenoxy) is 2. The van der Waals surface area contributed by atoms with Crippen LogP contribution < -0.4 is 9.47 Å². The average Bonchev–Trinajstić information content (AvgIpc) is 2.95. The number of thiazole rings is 1. The molecule has 0 spiro atoms. The van der Waals surface area contributed by atoms with E-state index in [9.17, 15) is 13.6 Å². The SMILES string of the molecule is COc1ccc(-c2nc(C(=O)CCl)cs2)cc1OC(F)F. The fourth-order valence-electron chi connectivity index (χ4n) is 1.60. The number of nitrogens with zero attached hydrogens (tertiary/aromatic N) is 1. The van der Waals surface area contributed by atoms with E-state index < -0.39 is 6.61 Å². The molecule has 0 unspecified atom stereocenters. The van der Waals surface area contributed by atoms with Crippen LogP contribution in [0.15, 0.2) is 23.6 Å². The fourth-order valence-corrected chi connectivity index (χ4v) is 2.56. The van der Waals surface area contributed by atoms with Gasteiger partial charge in [0.1, 0.15) is 10.7 Å². The predicted molar refractivity (Wildman–Crippen MR) is 75.8 cm³/mol.